The second-order valence-electron chi connectivity index (χ2n) is 3.76. The van der Waals surface area contributed by atoms with Crippen molar-refractivity contribution in [2.24, 2.45) is 0 Å². The number of hydrogen-bond donors (Lipinski definition) is 0. The molecule has 2 aromatic rings. The van der Waals surface area contributed by atoms with E-state index in [1.807, 2.05) is 25.2 Å². The number of halogens is 1. The summed E-state index contributed by atoms with van der Waals surface area (Å²) in [5, 5.41) is 2.08. The van der Waals surface area contributed by atoms with Crippen LogP contribution in [0.15, 0.2) is 40.2 Å². The standard InChI is InChI=1S/C13H12BrNOS/c1-15(8-11-3-2-6-17-11)13-5-4-10(9-16)7-12(13)14/h2-7,9H,8H2,1H3. The highest BCUT2D eigenvalue weighted by molar-refractivity contribution is 9.10. The molecule has 0 radical (unpaired) electrons. The van der Waals surface area contributed by atoms with E-state index in [0.29, 0.717) is 5.56 Å². The van der Waals surface area contributed by atoms with Crippen molar-refractivity contribution in [2.45, 2.75) is 6.54 Å². The number of hydrogen-bond acceptors (Lipinski definition) is 3. The van der Waals surface area contributed by atoms with Gasteiger partial charge < -0.3 is 4.90 Å². The molecule has 0 unspecified atom stereocenters. The molecule has 0 aliphatic heterocycles. The van der Waals surface area contributed by atoms with Crippen LogP contribution >= 0.6 is 27.3 Å². The highest BCUT2D eigenvalue weighted by Gasteiger charge is 2.07. The summed E-state index contributed by atoms with van der Waals surface area (Å²) in [6.45, 7) is 0.872. The Bertz CT molecular complexity index is 510. The Morgan fingerprint density at radius 3 is 2.82 bits per heavy atom. The Balaban J connectivity index is 2.19. The van der Waals surface area contributed by atoms with Gasteiger partial charge in [-0.05, 0) is 45.6 Å². The van der Waals surface area contributed by atoms with Gasteiger partial charge in [0.1, 0.15) is 6.29 Å². The first-order chi connectivity index (χ1) is 8.20. The van der Waals surface area contributed by atoms with E-state index >= 15 is 0 Å². The van der Waals surface area contributed by atoms with Gasteiger partial charge in [-0.2, -0.15) is 0 Å². The molecule has 0 amide bonds. The van der Waals surface area contributed by atoms with E-state index < -0.39 is 0 Å². The molecule has 0 atom stereocenters. The molecule has 0 spiro atoms. The smallest absolute Gasteiger partial charge is 0.150 e. The molecular weight excluding hydrogens is 298 g/mol. The summed E-state index contributed by atoms with van der Waals surface area (Å²) in [5.41, 5.74) is 1.77. The van der Waals surface area contributed by atoms with Gasteiger partial charge in [0.25, 0.3) is 0 Å². The summed E-state index contributed by atoms with van der Waals surface area (Å²) in [6.07, 6.45) is 0.855. The van der Waals surface area contributed by atoms with Crippen LogP contribution in [0, 0.1) is 0 Å². The molecule has 0 saturated heterocycles. The maximum Gasteiger partial charge on any atom is 0.150 e. The largest absolute Gasteiger partial charge is 0.369 e. The summed E-state index contributed by atoms with van der Waals surface area (Å²) in [5.74, 6) is 0. The van der Waals surface area contributed by atoms with Crippen molar-refractivity contribution in [3.63, 3.8) is 0 Å². The van der Waals surface area contributed by atoms with E-state index in [-0.39, 0.29) is 0 Å². The highest BCUT2D eigenvalue weighted by atomic mass is 79.9. The molecular formula is C13H12BrNOS. The van der Waals surface area contributed by atoms with Crippen molar-refractivity contribution in [3.05, 3.63) is 50.6 Å². The summed E-state index contributed by atoms with van der Waals surface area (Å²) in [6, 6.07) is 9.81. The lowest BCUT2D eigenvalue weighted by molar-refractivity contribution is 0.112. The quantitative estimate of drug-likeness (QED) is 0.797. The van der Waals surface area contributed by atoms with Crippen LogP contribution in [0.5, 0.6) is 0 Å². The second-order valence-corrected chi connectivity index (χ2v) is 5.65. The first-order valence-electron chi connectivity index (χ1n) is 5.19. The third kappa shape index (κ3) is 2.96. The fourth-order valence-corrected chi connectivity index (χ4v) is 3.08. The minimum Gasteiger partial charge on any atom is -0.369 e. The lowest BCUT2D eigenvalue weighted by Crippen LogP contribution is -2.16. The Morgan fingerprint density at radius 1 is 1.41 bits per heavy atom. The Kier molecular flexibility index (Phi) is 3.97. The molecule has 0 bridgehead atoms. The fourth-order valence-electron chi connectivity index (χ4n) is 1.63. The zero-order chi connectivity index (χ0) is 12.3. The van der Waals surface area contributed by atoms with Crippen LogP contribution < -0.4 is 4.90 Å². The molecule has 1 heterocycles. The zero-order valence-corrected chi connectivity index (χ0v) is 11.8. The minimum absolute atomic E-state index is 0.685. The van der Waals surface area contributed by atoms with Crippen LogP contribution in [0.25, 0.3) is 0 Å². The van der Waals surface area contributed by atoms with E-state index in [1.165, 1.54) is 4.88 Å². The first-order valence-corrected chi connectivity index (χ1v) is 6.86. The van der Waals surface area contributed by atoms with E-state index in [1.54, 1.807) is 11.3 Å². The van der Waals surface area contributed by atoms with Gasteiger partial charge in [-0.1, -0.05) is 6.07 Å². The van der Waals surface area contributed by atoms with Crippen molar-refractivity contribution < 1.29 is 4.79 Å². The number of aldehydes is 1. The van der Waals surface area contributed by atoms with Crippen molar-refractivity contribution in [1.82, 2.24) is 0 Å². The van der Waals surface area contributed by atoms with Gasteiger partial charge in [0.2, 0.25) is 0 Å². The molecule has 1 aromatic carbocycles. The summed E-state index contributed by atoms with van der Waals surface area (Å²) in [4.78, 5) is 14.1. The Morgan fingerprint density at radius 2 is 2.24 bits per heavy atom. The van der Waals surface area contributed by atoms with Crippen LogP contribution in [0.4, 0.5) is 5.69 Å². The predicted molar refractivity (Wildman–Crippen MR) is 76.0 cm³/mol. The number of thiophene rings is 1. The van der Waals surface area contributed by atoms with Crippen molar-refractivity contribution >= 4 is 39.2 Å². The fraction of sp³-hybridized carbons (Fsp3) is 0.154. The number of anilines is 1. The molecule has 0 N–H and O–H groups in total. The molecule has 17 heavy (non-hydrogen) atoms. The molecule has 0 saturated carbocycles. The zero-order valence-electron chi connectivity index (χ0n) is 9.39. The van der Waals surface area contributed by atoms with Gasteiger partial charge in [-0.15, -0.1) is 11.3 Å². The summed E-state index contributed by atoms with van der Waals surface area (Å²) < 4.78 is 0.946. The summed E-state index contributed by atoms with van der Waals surface area (Å²) >= 11 is 5.24. The molecule has 0 aliphatic carbocycles. The van der Waals surface area contributed by atoms with Crippen LogP contribution in [-0.4, -0.2) is 13.3 Å². The van der Waals surface area contributed by atoms with Crippen LogP contribution in [-0.2, 0) is 6.54 Å². The topological polar surface area (TPSA) is 20.3 Å². The molecule has 2 rings (SSSR count). The van der Waals surface area contributed by atoms with E-state index in [4.69, 9.17) is 0 Å². The first kappa shape index (κ1) is 12.3. The maximum atomic E-state index is 10.7. The van der Waals surface area contributed by atoms with E-state index in [0.717, 1.165) is 23.0 Å². The number of carbonyl (C=O) groups excluding carboxylic acids is 1. The second kappa shape index (κ2) is 5.47. The van der Waals surface area contributed by atoms with Gasteiger partial charge in [0, 0.05) is 22.0 Å². The van der Waals surface area contributed by atoms with Gasteiger partial charge in [0.05, 0.1) is 12.2 Å². The van der Waals surface area contributed by atoms with Crippen molar-refractivity contribution in [3.8, 4) is 0 Å². The number of nitrogens with zero attached hydrogens (tertiary/aromatic N) is 1. The van der Waals surface area contributed by atoms with Crippen molar-refractivity contribution in [1.29, 1.82) is 0 Å². The number of rotatable bonds is 4. The SMILES string of the molecule is CN(Cc1cccs1)c1ccc(C=O)cc1Br. The van der Waals surface area contributed by atoms with Gasteiger partial charge in [-0.25, -0.2) is 0 Å². The minimum atomic E-state index is 0.685. The third-order valence-electron chi connectivity index (χ3n) is 2.49. The maximum absolute atomic E-state index is 10.7. The van der Waals surface area contributed by atoms with Crippen LogP contribution in [0.1, 0.15) is 15.2 Å². The van der Waals surface area contributed by atoms with E-state index in [2.05, 4.69) is 38.3 Å². The van der Waals surface area contributed by atoms with Gasteiger partial charge in [0.15, 0.2) is 0 Å². The van der Waals surface area contributed by atoms with Gasteiger partial charge >= 0.3 is 0 Å². The third-order valence-corrected chi connectivity index (χ3v) is 3.99. The number of benzene rings is 1. The van der Waals surface area contributed by atoms with Crippen molar-refractivity contribution in [2.75, 3.05) is 11.9 Å². The van der Waals surface area contributed by atoms with Crippen LogP contribution in [0.3, 0.4) is 0 Å². The monoisotopic (exact) mass is 309 g/mol. The summed E-state index contributed by atoms with van der Waals surface area (Å²) in [7, 11) is 2.04. The molecule has 2 nitrogen and oxygen atoms in total. The molecule has 88 valence electrons. The Hall–Kier alpha value is -1.13. The number of carbonyl (C=O) groups is 1. The normalized spacial score (nSPS) is 10.2. The van der Waals surface area contributed by atoms with Crippen LogP contribution in [0.2, 0.25) is 0 Å². The highest BCUT2D eigenvalue weighted by Crippen LogP contribution is 2.27. The average Bonchev–Trinajstić information content (AvgIpc) is 2.81. The average molecular weight is 310 g/mol. The lowest BCUT2D eigenvalue weighted by atomic mass is 10.2. The van der Waals surface area contributed by atoms with E-state index in [9.17, 15) is 4.79 Å². The molecule has 4 heteroatoms. The predicted octanol–water partition coefficient (Wildman–Crippen LogP) is 3.96. The lowest BCUT2D eigenvalue weighted by Gasteiger charge is -2.20. The van der Waals surface area contributed by atoms with Gasteiger partial charge in [-0.3, -0.25) is 4.79 Å². The Labute approximate surface area is 113 Å². The molecule has 0 fully saturated rings. The molecule has 0 aliphatic rings. The molecule has 1 aromatic heterocycles.